The summed E-state index contributed by atoms with van der Waals surface area (Å²) in [6, 6.07) is 15.5. The summed E-state index contributed by atoms with van der Waals surface area (Å²) in [7, 11) is 0. The Morgan fingerprint density at radius 2 is 1.73 bits per heavy atom. The summed E-state index contributed by atoms with van der Waals surface area (Å²) in [5, 5.41) is 11.8. The maximum Gasteiger partial charge on any atom is 0.407 e. The Hall–Kier alpha value is -3.65. The van der Waals surface area contributed by atoms with Gasteiger partial charge >= 0.3 is 12.1 Å². The molecule has 1 saturated heterocycles. The molecule has 2 aliphatic rings. The molecule has 8 heteroatoms. The number of rotatable bonds is 8. The number of nitrogens with zero attached hydrogens (tertiary/aromatic N) is 1. The molecule has 0 saturated carbocycles. The molecule has 1 aliphatic carbocycles. The van der Waals surface area contributed by atoms with Crippen molar-refractivity contribution >= 4 is 18.0 Å². The van der Waals surface area contributed by atoms with Crippen LogP contribution < -0.4 is 5.32 Å². The molecule has 2 aromatic rings. The van der Waals surface area contributed by atoms with Gasteiger partial charge in [0.1, 0.15) is 13.2 Å². The van der Waals surface area contributed by atoms with Gasteiger partial charge in [-0.1, -0.05) is 54.6 Å². The Bertz CT molecular complexity index is 1020. The lowest BCUT2D eigenvalue weighted by Gasteiger charge is -2.25. The van der Waals surface area contributed by atoms with Crippen molar-refractivity contribution < 1.29 is 29.0 Å². The van der Waals surface area contributed by atoms with Gasteiger partial charge in [-0.25, -0.2) is 4.79 Å². The molecule has 2 aromatic carbocycles. The van der Waals surface area contributed by atoms with Crippen molar-refractivity contribution in [2.45, 2.75) is 12.0 Å². The molecule has 1 aliphatic heterocycles. The third kappa shape index (κ3) is 4.75. The molecule has 0 spiro atoms. The lowest BCUT2D eigenvalue weighted by atomic mass is 9.98. The van der Waals surface area contributed by atoms with Gasteiger partial charge in [-0.15, -0.1) is 6.58 Å². The van der Waals surface area contributed by atoms with Crippen molar-refractivity contribution in [2.75, 3.05) is 32.9 Å². The molecular weight excluding hydrogens is 424 g/mol. The zero-order valence-electron chi connectivity index (χ0n) is 18.1. The highest BCUT2D eigenvalue weighted by atomic mass is 16.5. The maximum atomic E-state index is 12.8. The Balaban J connectivity index is 1.39. The first-order valence-electron chi connectivity index (χ1n) is 10.8. The van der Waals surface area contributed by atoms with Gasteiger partial charge in [-0.3, -0.25) is 9.59 Å². The lowest BCUT2D eigenvalue weighted by Crippen LogP contribution is -2.49. The molecule has 0 aromatic heterocycles. The summed E-state index contributed by atoms with van der Waals surface area (Å²) < 4.78 is 11.0. The molecule has 0 radical (unpaired) electrons. The monoisotopic (exact) mass is 450 g/mol. The van der Waals surface area contributed by atoms with Crippen LogP contribution >= 0.6 is 0 Å². The number of ether oxygens (including phenoxy) is 2. The van der Waals surface area contributed by atoms with E-state index in [1.54, 1.807) is 0 Å². The van der Waals surface area contributed by atoms with E-state index in [1.165, 1.54) is 11.0 Å². The molecule has 2 amide bonds. The van der Waals surface area contributed by atoms with Crippen molar-refractivity contribution in [3.63, 3.8) is 0 Å². The van der Waals surface area contributed by atoms with E-state index in [-0.39, 0.29) is 32.3 Å². The van der Waals surface area contributed by atoms with Gasteiger partial charge in [-0.2, -0.15) is 0 Å². The van der Waals surface area contributed by atoms with Crippen LogP contribution in [-0.2, 0) is 19.1 Å². The van der Waals surface area contributed by atoms with Crippen LogP contribution in [0, 0.1) is 5.92 Å². The summed E-state index contributed by atoms with van der Waals surface area (Å²) >= 11 is 0. The van der Waals surface area contributed by atoms with Crippen LogP contribution in [0.3, 0.4) is 0 Å². The van der Waals surface area contributed by atoms with Gasteiger partial charge in [0.25, 0.3) is 0 Å². The SMILES string of the molecule is C=CCN(CC(=O)O)C(=O)C1COCC1NC(=O)OCC1c2ccccc2-c2ccccc21. The minimum absolute atomic E-state index is 0.0703. The first-order valence-corrected chi connectivity index (χ1v) is 10.8. The average Bonchev–Trinajstić information content (AvgIpc) is 3.39. The van der Waals surface area contributed by atoms with E-state index < -0.39 is 36.5 Å². The number of hydrogen-bond donors (Lipinski definition) is 2. The number of nitrogens with one attached hydrogen (secondary N) is 1. The Kier molecular flexibility index (Phi) is 6.74. The Labute approximate surface area is 191 Å². The Morgan fingerprint density at radius 3 is 2.33 bits per heavy atom. The molecule has 2 unspecified atom stereocenters. The standard InChI is InChI=1S/C25H26N2O6/c1-2-11-27(12-23(28)29)24(30)21-13-32-15-22(21)26-25(31)33-14-20-18-9-5-3-7-16(18)17-8-4-6-10-19(17)20/h2-10,20-22H,1,11-15H2,(H,26,31)(H,28,29). The maximum absolute atomic E-state index is 12.8. The fraction of sp³-hybridized carbons (Fsp3) is 0.320. The second-order valence-electron chi connectivity index (χ2n) is 8.12. The largest absolute Gasteiger partial charge is 0.480 e. The highest BCUT2D eigenvalue weighted by Crippen LogP contribution is 2.44. The van der Waals surface area contributed by atoms with E-state index in [1.807, 2.05) is 36.4 Å². The minimum atomic E-state index is -1.12. The van der Waals surface area contributed by atoms with Crippen LogP contribution in [0.25, 0.3) is 11.1 Å². The van der Waals surface area contributed by atoms with Crippen molar-refractivity contribution in [2.24, 2.45) is 5.92 Å². The average molecular weight is 450 g/mol. The molecule has 172 valence electrons. The van der Waals surface area contributed by atoms with Gasteiger partial charge in [0.2, 0.25) is 5.91 Å². The number of alkyl carbamates (subject to hydrolysis) is 1. The van der Waals surface area contributed by atoms with Crippen molar-refractivity contribution in [1.82, 2.24) is 10.2 Å². The summed E-state index contributed by atoms with van der Waals surface area (Å²) in [5.41, 5.74) is 4.49. The minimum Gasteiger partial charge on any atom is -0.480 e. The Morgan fingerprint density at radius 1 is 1.09 bits per heavy atom. The van der Waals surface area contributed by atoms with Crippen LogP contribution in [0.15, 0.2) is 61.2 Å². The summed E-state index contributed by atoms with van der Waals surface area (Å²) in [6.07, 6.45) is 0.823. The number of hydrogen-bond acceptors (Lipinski definition) is 5. The highest BCUT2D eigenvalue weighted by molar-refractivity contribution is 5.85. The number of aliphatic carboxylic acids is 1. The van der Waals surface area contributed by atoms with Crippen LogP contribution in [0.2, 0.25) is 0 Å². The fourth-order valence-electron chi connectivity index (χ4n) is 4.52. The molecule has 1 heterocycles. The number of carboxylic acids is 1. The quantitative estimate of drug-likeness (QED) is 0.599. The zero-order valence-corrected chi connectivity index (χ0v) is 18.1. The smallest absolute Gasteiger partial charge is 0.407 e. The first kappa shape index (κ1) is 22.5. The van der Waals surface area contributed by atoms with Gasteiger partial charge in [0.05, 0.1) is 25.2 Å². The van der Waals surface area contributed by atoms with Crippen molar-refractivity contribution in [1.29, 1.82) is 0 Å². The van der Waals surface area contributed by atoms with Crippen LogP contribution in [-0.4, -0.2) is 66.9 Å². The van der Waals surface area contributed by atoms with E-state index in [4.69, 9.17) is 14.6 Å². The topological polar surface area (TPSA) is 105 Å². The van der Waals surface area contributed by atoms with Crippen LogP contribution in [0.1, 0.15) is 17.0 Å². The van der Waals surface area contributed by atoms with Crippen molar-refractivity contribution in [3.8, 4) is 11.1 Å². The number of benzene rings is 2. The predicted molar refractivity (Wildman–Crippen MR) is 121 cm³/mol. The second kappa shape index (κ2) is 9.87. The van der Waals surface area contributed by atoms with E-state index in [2.05, 4.69) is 24.0 Å². The number of carbonyl (C=O) groups is 3. The highest BCUT2D eigenvalue weighted by Gasteiger charge is 2.38. The third-order valence-corrected chi connectivity index (χ3v) is 6.03. The summed E-state index contributed by atoms with van der Waals surface area (Å²) in [5.74, 6) is -2.28. The number of carbonyl (C=O) groups excluding carboxylic acids is 2. The number of fused-ring (bicyclic) bond motifs is 3. The van der Waals surface area contributed by atoms with Gasteiger partial charge in [0, 0.05) is 12.5 Å². The second-order valence-corrected chi connectivity index (χ2v) is 8.12. The van der Waals surface area contributed by atoms with Crippen molar-refractivity contribution in [3.05, 3.63) is 72.3 Å². The molecule has 0 bridgehead atoms. The molecule has 2 atom stereocenters. The number of carboxylic acid groups (broad SMARTS) is 1. The molecule has 4 rings (SSSR count). The van der Waals surface area contributed by atoms with Gasteiger partial charge < -0.3 is 24.8 Å². The van der Waals surface area contributed by atoms with E-state index in [0.29, 0.717) is 0 Å². The van der Waals surface area contributed by atoms with E-state index >= 15 is 0 Å². The molecular formula is C25H26N2O6. The van der Waals surface area contributed by atoms with E-state index in [0.717, 1.165) is 22.3 Å². The molecule has 8 nitrogen and oxygen atoms in total. The van der Waals surface area contributed by atoms with E-state index in [9.17, 15) is 14.4 Å². The summed E-state index contributed by atoms with van der Waals surface area (Å²) in [6.45, 7) is 3.63. The fourth-order valence-corrected chi connectivity index (χ4v) is 4.52. The van der Waals surface area contributed by atoms with Crippen LogP contribution in [0.5, 0.6) is 0 Å². The lowest BCUT2D eigenvalue weighted by molar-refractivity contribution is -0.146. The summed E-state index contributed by atoms with van der Waals surface area (Å²) in [4.78, 5) is 37.7. The first-order chi connectivity index (χ1) is 16.0. The van der Waals surface area contributed by atoms with Gasteiger partial charge in [0.15, 0.2) is 0 Å². The third-order valence-electron chi connectivity index (χ3n) is 6.03. The number of amides is 2. The van der Waals surface area contributed by atoms with Gasteiger partial charge in [-0.05, 0) is 22.3 Å². The molecule has 1 fully saturated rings. The zero-order chi connectivity index (χ0) is 23.4. The predicted octanol–water partition coefficient (Wildman–Crippen LogP) is 2.64. The van der Waals surface area contributed by atoms with Crippen LogP contribution in [0.4, 0.5) is 4.79 Å². The normalized spacial score (nSPS) is 18.8. The molecule has 33 heavy (non-hydrogen) atoms. The molecule has 2 N–H and O–H groups in total.